The van der Waals surface area contributed by atoms with Crippen molar-refractivity contribution in [2.45, 2.75) is 31.2 Å². The van der Waals surface area contributed by atoms with Crippen molar-refractivity contribution in [3.05, 3.63) is 83.3 Å². The molecule has 2 aliphatic rings. The van der Waals surface area contributed by atoms with E-state index in [-0.39, 0.29) is 29.2 Å². The normalized spacial score (nSPS) is 18.3. The number of ether oxygens (including phenoxy) is 1. The van der Waals surface area contributed by atoms with E-state index in [4.69, 9.17) is 14.7 Å². The second kappa shape index (κ2) is 8.50. The first-order chi connectivity index (χ1) is 17.0. The number of benzene rings is 2. The first-order valence-electron chi connectivity index (χ1n) is 11.9. The van der Waals surface area contributed by atoms with Crippen LogP contribution in [0.3, 0.4) is 0 Å². The standard InChI is InChI=1S/C28H26FN3O2S/c1-17(32-15-19(16-32)27(33)34-2)18-8-9-21(22(29)14-18)25-30-23-10-11-24(31-26(23)35-25)28(12-13-28)20-6-4-3-5-7-20/h3-11,14,17,19H,12-13,15-16H2,1-2H3. The van der Waals surface area contributed by atoms with Crippen LogP contribution in [0.25, 0.3) is 20.9 Å². The highest BCUT2D eigenvalue weighted by molar-refractivity contribution is 7.21. The Kier molecular flexibility index (Phi) is 5.42. The molecule has 1 aliphatic carbocycles. The average molecular weight is 488 g/mol. The molecule has 1 atom stereocenters. The van der Waals surface area contributed by atoms with Gasteiger partial charge in [-0.3, -0.25) is 9.69 Å². The van der Waals surface area contributed by atoms with Crippen LogP contribution in [0.1, 0.15) is 42.6 Å². The van der Waals surface area contributed by atoms with E-state index in [0.29, 0.717) is 23.7 Å². The molecule has 1 aliphatic heterocycles. The molecular formula is C28H26FN3O2S. The number of carbonyl (C=O) groups is 1. The first-order valence-corrected chi connectivity index (χ1v) is 12.8. The predicted octanol–water partition coefficient (Wildman–Crippen LogP) is 5.74. The van der Waals surface area contributed by atoms with Gasteiger partial charge in [-0.2, -0.15) is 0 Å². The summed E-state index contributed by atoms with van der Waals surface area (Å²) in [5.74, 6) is -0.566. The van der Waals surface area contributed by atoms with Gasteiger partial charge in [-0.25, -0.2) is 14.4 Å². The Balaban J connectivity index is 1.24. The Hall–Kier alpha value is -3.16. The molecule has 35 heavy (non-hydrogen) atoms. The highest BCUT2D eigenvalue weighted by atomic mass is 32.1. The van der Waals surface area contributed by atoms with Crippen molar-refractivity contribution >= 4 is 27.7 Å². The number of carbonyl (C=O) groups excluding carboxylic acids is 1. The Labute approximate surface area is 207 Å². The second-order valence-electron chi connectivity index (χ2n) is 9.58. The van der Waals surface area contributed by atoms with E-state index in [0.717, 1.165) is 34.4 Å². The zero-order valence-electron chi connectivity index (χ0n) is 19.7. The lowest BCUT2D eigenvalue weighted by molar-refractivity contribution is -0.152. The van der Waals surface area contributed by atoms with Gasteiger partial charge in [-0.1, -0.05) is 47.7 Å². The Morgan fingerprint density at radius 2 is 1.89 bits per heavy atom. The number of hydrogen-bond acceptors (Lipinski definition) is 6. The maximum absolute atomic E-state index is 15.2. The van der Waals surface area contributed by atoms with Crippen LogP contribution in [0.2, 0.25) is 0 Å². The summed E-state index contributed by atoms with van der Waals surface area (Å²) in [6.45, 7) is 3.30. The van der Waals surface area contributed by atoms with Gasteiger partial charge in [0.1, 0.15) is 21.2 Å². The van der Waals surface area contributed by atoms with Gasteiger partial charge in [0, 0.05) is 30.1 Å². The lowest BCUT2D eigenvalue weighted by Gasteiger charge is -2.41. The third kappa shape index (κ3) is 3.83. The summed E-state index contributed by atoms with van der Waals surface area (Å²) in [6, 6.07) is 20.0. The van der Waals surface area contributed by atoms with Gasteiger partial charge < -0.3 is 4.74 Å². The summed E-state index contributed by atoms with van der Waals surface area (Å²) in [7, 11) is 1.41. The fourth-order valence-electron chi connectivity index (χ4n) is 5.09. The predicted molar refractivity (Wildman–Crippen MR) is 135 cm³/mol. The topological polar surface area (TPSA) is 55.3 Å². The minimum absolute atomic E-state index is 0.00757. The van der Waals surface area contributed by atoms with Crippen molar-refractivity contribution in [1.82, 2.24) is 14.9 Å². The van der Waals surface area contributed by atoms with E-state index >= 15 is 4.39 Å². The molecule has 178 valence electrons. The van der Waals surface area contributed by atoms with Crippen LogP contribution in [0.15, 0.2) is 60.7 Å². The number of thiazole rings is 1. The fraction of sp³-hybridized carbons (Fsp3) is 0.321. The molecule has 2 fully saturated rings. The van der Waals surface area contributed by atoms with Gasteiger partial charge >= 0.3 is 5.97 Å². The molecule has 5 nitrogen and oxygen atoms in total. The van der Waals surface area contributed by atoms with Crippen LogP contribution in [0, 0.1) is 11.7 Å². The molecule has 0 radical (unpaired) electrons. The van der Waals surface area contributed by atoms with Crippen LogP contribution in [-0.2, 0) is 14.9 Å². The molecule has 4 aromatic rings. The van der Waals surface area contributed by atoms with E-state index in [1.807, 2.05) is 31.2 Å². The minimum Gasteiger partial charge on any atom is -0.469 e. The van der Waals surface area contributed by atoms with Crippen molar-refractivity contribution in [1.29, 1.82) is 0 Å². The smallest absolute Gasteiger partial charge is 0.311 e. The second-order valence-corrected chi connectivity index (χ2v) is 10.6. The Morgan fingerprint density at radius 1 is 1.11 bits per heavy atom. The van der Waals surface area contributed by atoms with Crippen LogP contribution in [0.4, 0.5) is 4.39 Å². The summed E-state index contributed by atoms with van der Waals surface area (Å²) in [5, 5.41) is 0.639. The van der Waals surface area contributed by atoms with Crippen LogP contribution in [0.5, 0.6) is 0 Å². The largest absolute Gasteiger partial charge is 0.469 e. The third-order valence-electron chi connectivity index (χ3n) is 7.52. The van der Waals surface area contributed by atoms with Crippen molar-refractivity contribution in [2.75, 3.05) is 20.2 Å². The van der Waals surface area contributed by atoms with Crippen LogP contribution < -0.4 is 0 Å². The highest BCUT2D eigenvalue weighted by Crippen LogP contribution is 2.53. The van der Waals surface area contributed by atoms with Gasteiger partial charge in [0.15, 0.2) is 0 Å². The van der Waals surface area contributed by atoms with Crippen LogP contribution in [-0.4, -0.2) is 41.0 Å². The SMILES string of the molecule is COC(=O)C1CN(C(C)c2ccc(-c3nc4ccc(C5(c6ccccc6)CC5)nc4s3)c(F)c2)C1. The summed E-state index contributed by atoms with van der Waals surface area (Å²) in [5.41, 5.74) is 4.53. The quantitative estimate of drug-likeness (QED) is 0.325. The summed E-state index contributed by atoms with van der Waals surface area (Å²) in [4.78, 5) is 24.3. The average Bonchev–Trinajstić information content (AvgIpc) is 3.56. The van der Waals surface area contributed by atoms with E-state index < -0.39 is 0 Å². The number of nitrogens with zero attached hydrogens (tertiary/aromatic N) is 3. The lowest BCUT2D eigenvalue weighted by atomic mass is 9.92. The molecule has 0 spiro atoms. The number of halogens is 1. The molecule has 6 rings (SSSR count). The number of esters is 1. The minimum atomic E-state index is -0.290. The van der Waals surface area contributed by atoms with Crippen molar-refractivity contribution in [3.8, 4) is 10.6 Å². The number of rotatable bonds is 6. The summed E-state index contributed by atoms with van der Waals surface area (Å²) < 4.78 is 20.0. The Morgan fingerprint density at radius 3 is 2.57 bits per heavy atom. The van der Waals surface area contributed by atoms with Gasteiger partial charge in [-0.15, -0.1) is 0 Å². The molecule has 0 amide bonds. The van der Waals surface area contributed by atoms with Gasteiger partial charge in [0.2, 0.25) is 0 Å². The monoisotopic (exact) mass is 487 g/mol. The van der Waals surface area contributed by atoms with Crippen molar-refractivity contribution < 1.29 is 13.9 Å². The zero-order valence-corrected chi connectivity index (χ0v) is 20.5. The zero-order chi connectivity index (χ0) is 24.2. The highest BCUT2D eigenvalue weighted by Gasteiger charge is 2.47. The van der Waals surface area contributed by atoms with Gasteiger partial charge in [-0.05, 0) is 55.2 Å². The first kappa shape index (κ1) is 22.3. The van der Waals surface area contributed by atoms with E-state index in [2.05, 4.69) is 35.2 Å². The lowest BCUT2D eigenvalue weighted by Crippen LogP contribution is -2.51. The van der Waals surface area contributed by atoms with Crippen molar-refractivity contribution in [3.63, 3.8) is 0 Å². The van der Waals surface area contributed by atoms with Gasteiger partial charge in [0.25, 0.3) is 0 Å². The maximum Gasteiger partial charge on any atom is 0.311 e. The molecule has 3 heterocycles. The van der Waals surface area contributed by atoms with Crippen LogP contribution >= 0.6 is 11.3 Å². The van der Waals surface area contributed by atoms with Crippen molar-refractivity contribution in [2.24, 2.45) is 5.92 Å². The molecule has 7 heteroatoms. The van der Waals surface area contributed by atoms with E-state index in [1.54, 1.807) is 6.07 Å². The summed E-state index contributed by atoms with van der Waals surface area (Å²) in [6.07, 6.45) is 2.18. The number of methoxy groups -OCH3 is 1. The molecule has 2 aromatic heterocycles. The molecule has 1 saturated heterocycles. The molecular weight excluding hydrogens is 461 g/mol. The number of likely N-dealkylation sites (tertiary alicyclic amines) is 1. The van der Waals surface area contributed by atoms with E-state index in [1.165, 1.54) is 24.0 Å². The molecule has 1 saturated carbocycles. The number of aromatic nitrogens is 2. The van der Waals surface area contributed by atoms with Gasteiger partial charge in [0.05, 0.1) is 18.7 Å². The Bertz CT molecular complexity index is 1410. The number of fused-ring (bicyclic) bond motifs is 1. The number of hydrogen-bond donors (Lipinski definition) is 0. The molecule has 0 N–H and O–H groups in total. The molecule has 0 bridgehead atoms. The summed E-state index contributed by atoms with van der Waals surface area (Å²) >= 11 is 1.44. The molecule has 1 unspecified atom stereocenters. The molecule has 2 aromatic carbocycles. The maximum atomic E-state index is 15.2. The number of pyridine rings is 1. The third-order valence-corrected chi connectivity index (χ3v) is 8.52. The fourth-order valence-corrected chi connectivity index (χ4v) is 6.06. The van der Waals surface area contributed by atoms with E-state index in [9.17, 15) is 4.79 Å².